The van der Waals surface area contributed by atoms with Crippen LogP contribution in [-0.4, -0.2) is 19.7 Å². The summed E-state index contributed by atoms with van der Waals surface area (Å²) in [7, 11) is 0. The molecule has 0 saturated heterocycles. The monoisotopic (exact) mass is 275 g/mol. The van der Waals surface area contributed by atoms with Crippen LogP contribution in [0.5, 0.6) is 0 Å². The Hall–Kier alpha value is -2.28. The van der Waals surface area contributed by atoms with Gasteiger partial charge >= 0.3 is 0 Å². The Morgan fingerprint density at radius 2 is 2.10 bits per heavy atom. The van der Waals surface area contributed by atoms with Crippen LogP contribution in [0.15, 0.2) is 18.2 Å². The molecule has 0 atom stereocenters. The summed E-state index contributed by atoms with van der Waals surface area (Å²) in [4.78, 5) is 10.9. The first-order chi connectivity index (χ1) is 9.47. The summed E-state index contributed by atoms with van der Waals surface area (Å²) in [5.41, 5.74) is 6.78. The Labute approximate surface area is 116 Å². The third-order valence-electron chi connectivity index (χ3n) is 3.13. The van der Waals surface area contributed by atoms with E-state index in [0.29, 0.717) is 22.8 Å². The molecule has 0 spiro atoms. The van der Waals surface area contributed by atoms with Crippen LogP contribution in [0, 0.1) is 17.0 Å². The topological polar surface area (TPSA) is 99.9 Å². The molecule has 0 unspecified atom stereocenters. The molecular weight excluding hydrogens is 258 g/mol. The maximum Gasteiger partial charge on any atom is 0.283 e. The summed E-state index contributed by atoms with van der Waals surface area (Å²) in [5.74, 6) is 1.10. The Kier molecular flexibility index (Phi) is 3.80. The minimum Gasteiger partial charge on any atom is -0.324 e. The summed E-state index contributed by atoms with van der Waals surface area (Å²) in [6, 6.07) is 5.24. The van der Waals surface area contributed by atoms with Crippen LogP contribution >= 0.6 is 0 Å². The number of para-hydroxylation sites is 1. The summed E-state index contributed by atoms with van der Waals surface area (Å²) in [6.07, 6.45) is 0. The van der Waals surface area contributed by atoms with Gasteiger partial charge < -0.3 is 10.3 Å². The van der Waals surface area contributed by atoms with Gasteiger partial charge in [-0.15, -0.1) is 10.2 Å². The van der Waals surface area contributed by atoms with Crippen molar-refractivity contribution in [2.75, 3.05) is 0 Å². The third-order valence-corrected chi connectivity index (χ3v) is 3.13. The lowest BCUT2D eigenvalue weighted by molar-refractivity contribution is -0.384. The van der Waals surface area contributed by atoms with E-state index in [1.165, 1.54) is 0 Å². The molecule has 0 radical (unpaired) electrons. The number of nitrogens with two attached hydrogens (primary N) is 1. The average Bonchev–Trinajstić information content (AvgIpc) is 2.81. The molecule has 2 aromatic rings. The van der Waals surface area contributed by atoms with Gasteiger partial charge in [0, 0.05) is 11.6 Å². The molecule has 2 rings (SSSR count). The highest BCUT2D eigenvalue weighted by molar-refractivity contribution is 5.70. The zero-order chi connectivity index (χ0) is 14.9. The SMILES string of the molecule is Cc1cccc(-c2nnc(CN)n2C(C)C)c1[N+](=O)[O-]. The number of rotatable bonds is 4. The second-order valence-electron chi connectivity index (χ2n) is 4.84. The van der Waals surface area contributed by atoms with Crippen LogP contribution in [0.4, 0.5) is 5.69 Å². The van der Waals surface area contributed by atoms with E-state index in [9.17, 15) is 10.1 Å². The molecule has 0 saturated carbocycles. The van der Waals surface area contributed by atoms with Gasteiger partial charge in [0.25, 0.3) is 5.69 Å². The van der Waals surface area contributed by atoms with Crippen LogP contribution in [0.25, 0.3) is 11.4 Å². The summed E-state index contributed by atoms with van der Waals surface area (Å²) < 4.78 is 1.84. The van der Waals surface area contributed by atoms with E-state index in [4.69, 9.17) is 5.73 Å². The van der Waals surface area contributed by atoms with Crippen molar-refractivity contribution in [3.63, 3.8) is 0 Å². The predicted octanol–water partition coefficient (Wildman–Crippen LogP) is 2.20. The van der Waals surface area contributed by atoms with Crippen LogP contribution in [0.3, 0.4) is 0 Å². The molecule has 1 aromatic heterocycles. The lowest BCUT2D eigenvalue weighted by Gasteiger charge is -2.13. The molecule has 20 heavy (non-hydrogen) atoms. The predicted molar refractivity (Wildman–Crippen MR) is 75.1 cm³/mol. The van der Waals surface area contributed by atoms with Crippen LogP contribution in [-0.2, 0) is 6.54 Å². The van der Waals surface area contributed by atoms with Gasteiger partial charge in [-0.25, -0.2) is 0 Å². The van der Waals surface area contributed by atoms with Crippen molar-refractivity contribution in [3.05, 3.63) is 39.7 Å². The van der Waals surface area contributed by atoms with E-state index in [1.807, 2.05) is 18.4 Å². The normalized spacial score (nSPS) is 11.1. The van der Waals surface area contributed by atoms with Gasteiger partial charge in [-0.3, -0.25) is 10.1 Å². The molecule has 1 aromatic carbocycles. The molecule has 0 amide bonds. The van der Waals surface area contributed by atoms with Crippen LogP contribution in [0.1, 0.15) is 31.3 Å². The van der Waals surface area contributed by atoms with Gasteiger partial charge in [-0.05, 0) is 26.8 Å². The number of nitrogens with zero attached hydrogens (tertiary/aromatic N) is 4. The summed E-state index contributed by atoms with van der Waals surface area (Å²) in [6.45, 7) is 5.88. The van der Waals surface area contributed by atoms with Crippen molar-refractivity contribution >= 4 is 5.69 Å². The number of hydrogen-bond donors (Lipinski definition) is 1. The van der Waals surface area contributed by atoms with Crippen molar-refractivity contribution in [1.29, 1.82) is 0 Å². The fourth-order valence-corrected chi connectivity index (χ4v) is 2.27. The average molecular weight is 275 g/mol. The number of nitro groups is 1. The fourth-order valence-electron chi connectivity index (χ4n) is 2.27. The second-order valence-corrected chi connectivity index (χ2v) is 4.84. The van der Waals surface area contributed by atoms with E-state index >= 15 is 0 Å². The van der Waals surface area contributed by atoms with Gasteiger partial charge in [0.05, 0.1) is 17.0 Å². The fraction of sp³-hybridized carbons (Fsp3) is 0.385. The first kappa shape index (κ1) is 14.1. The number of hydrogen-bond acceptors (Lipinski definition) is 5. The Morgan fingerprint density at radius 3 is 2.65 bits per heavy atom. The minimum atomic E-state index is -0.383. The first-order valence-electron chi connectivity index (χ1n) is 6.35. The quantitative estimate of drug-likeness (QED) is 0.681. The van der Waals surface area contributed by atoms with Crippen molar-refractivity contribution in [3.8, 4) is 11.4 Å². The lowest BCUT2D eigenvalue weighted by Crippen LogP contribution is -2.12. The molecule has 0 bridgehead atoms. The molecule has 0 aliphatic heterocycles. The third kappa shape index (κ3) is 2.27. The highest BCUT2D eigenvalue weighted by Gasteiger charge is 2.24. The zero-order valence-electron chi connectivity index (χ0n) is 11.7. The number of nitro benzene ring substituents is 1. The van der Waals surface area contributed by atoms with Gasteiger partial charge in [-0.1, -0.05) is 12.1 Å². The van der Waals surface area contributed by atoms with Gasteiger partial charge in [0.2, 0.25) is 0 Å². The maximum atomic E-state index is 11.3. The Balaban J connectivity index is 2.72. The second kappa shape index (κ2) is 5.38. The van der Waals surface area contributed by atoms with Crippen molar-refractivity contribution < 1.29 is 4.92 Å². The van der Waals surface area contributed by atoms with E-state index in [2.05, 4.69) is 10.2 Å². The Morgan fingerprint density at radius 1 is 1.40 bits per heavy atom. The maximum absolute atomic E-state index is 11.3. The van der Waals surface area contributed by atoms with E-state index in [-0.39, 0.29) is 23.2 Å². The molecular formula is C13H17N5O2. The van der Waals surface area contributed by atoms with Gasteiger partial charge in [0.15, 0.2) is 5.82 Å². The molecule has 0 aliphatic rings. The highest BCUT2D eigenvalue weighted by Crippen LogP contribution is 2.33. The van der Waals surface area contributed by atoms with Crippen molar-refractivity contribution in [1.82, 2.24) is 14.8 Å². The van der Waals surface area contributed by atoms with Crippen molar-refractivity contribution in [2.45, 2.75) is 33.4 Å². The number of benzene rings is 1. The number of aromatic nitrogens is 3. The molecule has 2 N–H and O–H groups in total. The molecule has 106 valence electrons. The molecule has 7 nitrogen and oxygen atoms in total. The molecule has 0 fully saturated rings. The Bertz CT molecular complexity index is 648. The standard InChI is InChI=1S/C13H17N5O2/c1-8(2)17-11(7-14)15-16-13(17)10-6-4-5-9(3)12(10)18(19)20/h4-6,8H,7,14H2,1-3H3. The van der Waals surface area contributed by atoms with Crippen molar-refractivity contribution in [2.24, 2.45) is 5.73 Å². The van der Waals surface area contributed by atoms with Gasteiger partial charge in [-0.2, -0.15) is 0 Å². The minimum absolute atomic E-state index is 0.0605. The van der Waals surface area contributed by atoms with E-state index in [0.717, 1.165) is 0 Å². The molecule has 0 aliphatic carbocycles. The van der Waals surface area contributed by atoms with Crippen LogP contribution < -0.4 is 5.73 Å². The van der Waals surface area contributed by atoms with Gasteiger partial charge in [0.1, 0.15) is 5.82 Å². The first-order valence-corrected chi connectivity index (χ1v) is 6.35. The zero-order valence-corrected chi connectivity index (χ0v) is 11.7. The van der Waals surface area contributed by atoms with E-state index in [1.54, 1.807) is 25.1 Å². The van der Waals surface area contributed by atoms with Crippen LogP contribution in [0.2, 0.25) is 0 Å². The lowest BCUT2D eigenvalue weighted by atomic mass is 10.1. The largest absolute Gasteiger partial charge is 0.324 e. The molecule has 7 heteroatoms. The smallest absolute Gasteiger partial charge is 0.283 e. The summed E-state index contributed by atoms with van der Waals surface area (Å²) in [5, 5.41) is 19.4. The number of aryl methyl sites for hydroxylation is 1. The van der Waals surface area contributed by atoms with E-state index < -0.39 is 0 Å². The highest BCUT2D eigenvalue weighted by atomic mass is 16.6. The molecule has 1 heterocycles. The summed E-state index contributed by atoms with van der Waals surface area (Å²) >= 11 is 0.